The molecule has 1 saturated heterocycles. The number of anilines is 2. The van der Waals surface area contributed by atoms with Gasteiger partial charge in [0, 0.05) is 31.5 Å². The molecule has 1 N–H and O–H groups in total. The number of carbonyl (C=O) groups is 1. The number of nitrogens with zero attached hydrogens (tertiary/aromatic N) is 1. The Morgan fingerprint density at radius 3 is 2.88 bits per heavy atom. The van der Waals surface area contributed by atoms with E-state index in [0.29, 0.717) is 18.8 Å². The van der Waals surface area contributed by atoms with Crippen molar-refractivity contribution in [2.24, 2.45) is 0 Å². The summed E-state index contributed by atoms with van der Waals surface area (Å²) >= 11 is 0. The van der Waals surface area contributed by atoms with Crippen molar-refractivity contribution in [1.82, 2.24) is 0 Å². The van der Waals surface area contributed by atoms with Crippen LogP contribution in [0.3, 0.4) is 0 Å². The number of carbonyl (C=O) groups excluding carboxylic acids is 1. The van der Waals surface area contributed by atoms with E-state index < -0.39 is 10.0 Å². The van der Waals surface area contributed by atoms with E-state index in [9.17, 15) is 13.2 Å². The monoisotopic (exact) mass is 352 g/mol. The Labute approximate surface area is 143 Å². The lowest BCUT2D eigenvalue weighted by Gasteiger charge is -2.29. The summed E-state index contributed by atoms with van der Waals surface area (Å²) in [7, 11) is -3.45. The van der Waals surface area contributed by atoms with E-state index in [2.05, 4.69) is 4.72 Å². The number of benzene rings is 1. The van der Waals surface area contributed by atoms with Crippen LogP contribution in [0.4, 0.5) is 11.4 Å². The van der Waals surface area contributed by atoms with Gasteiger partial charge >= 0.3 is 0 Å². The third-order valence-corrected chi connectivity index (χ3v) is 5.89. The molecular formula is C17H24N2O4S. The zero-order chi connectivity index (χ0) is 17.2. The summed E-state index contributed by atoms with van der Waals surface area (Å²) in [5.41, 5.74) is 2.44. The minimum atomic E-state index is -3.45. The molecule has 0 aliphatic carbocycles. The number of hydrogen-bond acceptors (Lipinski definition) is 4. The fourth-order valence-corrected chi connectivity index (χ4v) is 4.71. The zero-order valence-electron chi connectivity index (χ0n) is 14.0. The second-order valence-corrected chi connectivity index (χ2v) is 8.26. The molecule has 3 rings (SSSR count). The van der Waals surface area contributed by atoms with Gasteiger partial charge in [-0.05, 0) is 55.9 Å². The number of ether oxygens (including phenoxy) is 1. The molecule has 1 atom stereocenters. The number of aryl methyl sites for hydroxylation is 1. The molecule has 1 aromatic rings. The third-order valence-electron chi connectivity index (χ3n) is 4.53. The van der Waals surface area contributed by atoms with E-state index in [-0.39, 0.29) is 17.8 Å². The van der Waals surface area contributed by atoms with Crippen LogP contribution in [0.15, 0.2) is 18.2 Å². The molecule has 0 radical (unpaired) electrons. The number of fused-ring (bicyclic) bond motifs is 1. The Morgan fingerprint density at radius 2 is 2.17 bits per heavy atom. The number of hydrogen-bond donors (Lipinski definition) is 1. The Bertz CT molecular complexity index is 711. The fourth-order valence-electron chi connectivity index (χ4n) is 3.39. The van der Waals surface area contributed by atoms with Crippen LogP contribution in [0.2, 0.25) is 0 Å². The maximum atomic E-state index is 12.4. The summed E-state index contributed by atoms with van der Waals surface area (Å²) in [5, 5.41) is 0. The van der Waals surface area contributed by atoms with E-state index in [1.54, 1.807) is 17.9 Å². The molecule has 0 aromatic heterocycles. The summed E-state index contributed by atoms with van der Waals surface area (Å²) in [4.78, 5) is 13.4. The highest BCUT2D eigenvalue weighted by Gasteiger charge is 2.24. The van der Waals surface area contributed by atoms with Gasteiger partial charge in [0.1, 0.15) is 0 Å². The average Bonchev–Trinajstić information content (AvgIpc) is 2.54. The van der Waals surface area contributed by atoms with Gasteiger partial charge in [0.05, 0.1) is 11.9 Å². The van der Waals surface area contributed by atoms with Crippen LogP contribution in [0.5, 0.6) is 0 Å². The van der Waals surface area contributed by atoms with Crippen LogP contribution in [0.25, 0.3) is 0 Å². The van der Waals surface area contributed by atoms with Crippen LogP contribution in [-0.2, 0) is 26.0 Å². The Morgan fingerprint density at radius 1 is 1.33 bits per heavy atom. The van der Waals surface area contributed by atoms with Crippen molar-refractivity contribution in [1.29, 1.82) is 0 Å². The molecule has 1 unspecified atom stereocenters. The maximum Gasteiger partial charge on any atom is 0.235 e. The van der Waals surface area contributed by atoms with Crippen molar-refractivity contribution >= 4 is 27.3 Å². The van der Waals surface area contributed by atoms with E-state index in [4.69, 9.17) is 4.74 Å². The third kappa shape index (κ3) is 4.08. The molecule has 0 bridgehead atoms. The molecule has 1 fully saturated rings. The largest absolute Gasteiger partial charge is 0.377 e. The van der Waals surface area contributed by atoms with Crippen molar-refractivity contribution in [3.63, 3.8) is 0 Å². The Balaban J connectivity index is 1.72. The predicted octanol–water partition coefficient (Wildman–Crippen LogP) is 2.30. The zero-order valence-corrected chi connectivity index (χ0v) is 14.8. The average molecular weight is 352 g/mol. The summed E-state index contributed by atoms with van der Waals surface area (Å²) in [6.45, 7) is 2.90. The van der Waals surface area contributed by atoms with E-state index in [0.717, 1.165) is 43.4 Å². The molecule has 1 amide bonds. The van der Waals surface area contributed by atoms with Crippen molar-refractivity contribution in [3.8, 4) is 0 Å². The fraction of sp³-hybridized carbons (Fsp3) is 0.588. The normalized spacial score (nSPS) is 21.2. The van der Waals surface area contributed by atoms with Crippen LogP contribution >= 0.6 is 0 Å². The molecule has 2 heterocycles. The molecule has 24 heavy (non-hydrogen) atoms. The maximum absolute atomic E-state index is 12.4. The van der Waals surface area contributed by atoms with E-state index in [1.165, 1.54) is 0 Å². The summed E-state index contributed by atoms with van der Waals surface area (Å²) in [6.07, 6.45) is 4.32. The van der Waals surface area contributed by atoms with Crippen molar-refractivity contribution in [2.75, 3.05) is 28.5 Å². The second-order valence-electron chi connectivity index (χ2n) is 6.49. The summed E-state index contributed by atoms with van der Waals surface area (Å²) in [6, 6.07) is 5.38. The lowest BCUT2D eigenvalue weighted by atomic mass is 10.0. The SMILES string of the molecule is CC(=O)N1CCCc2cc(NS(=O)(=O)CC3CCCCO3)ccc21. The first-order valence-electron chi connectivity index (χ1n) is 8.48. The van der Waals surface area contributed by atoms with Crippen LogP contribution in [0, 0.1) is 0 Å². The number of nitrogens with one attached hydrogen (secondary N) is 1. The number of amides is 1. The standard InChI is InChI=1S/C17H24N2O4S/c1-13(20)19-9-4-5-14-11-15(7-8-17(14)19)18-24(21,22)12-16-6-2-3-10-23-16/h7-8,11,16,18H,2-6,9-10,12H2,1H3. The highest BCUT2D eigenvalue weighted by atomic mass is 32.2. The highest BCUT2D eigenvalue weighted by molar-refractivity contribution is 7.92. The van der Waals surface area contributed by atoms with Gasteiger partial charge in [-0.2, -0.15) is 0 Å². The predicted molar refractivity (Wildman–Crippen MR) is 93.8 cm³/mol. The lowest BCUT2D eigenvalue weighted by molar-refractivity contribution is -0.116. The molecule has 7 heteroatoms. The van der Waals surface area contributed by atoms with Gasteiger partial charge in [0.25, 0.3) is 0 Å². The van der Waals surface area contributed by atoms with Gasteiger partial charge in [-0.15, -0.1) is 0 Å². The number of rotatable bonds is 4. The summed E-state index contributed by atoms with van der Waals surface area (Å²) < 4.78 is 32.9. The second kappa shape index (κ2) is 7.11. The molecule has 132 valence electrons. The molecule has 2 aliphatic rings. The lowest BCUT2D eigenvalue weighted by Crippen LogP contribution is -2.33. The van der Waals surface area contributed by atoms with Gasteiger partial charge in [-0.1, -0.05) is 0 Å². The quantitative estimate of drug-likeness (QED) is 0.902. The first kappa shape index (κ1) is 17.2. The van der Waals surface area contributed by atoms with Gasteiger partial charge in [-0.3, -0.25) is 9.52 Å². The van der Waals surface area contributed by atoms with Crippen molar-refractivity contribution in [2.45, 2.75) is 45.1 Å². The topological polar surface area (TPSA) is 75.7 Å². The molecule has 2 aliphatic heterocycles. The van der Waals surface area contributed by atoms with E-state index in [1.807, 2.05) is 12.1 Å². The Hall–Kier alpha value is -1.60. The Kier molecular flexibility index (Phi) is 5.10. The van der Waals surface area contributed by atoms with Gasteiger partial charge in [0.2, 0.25) is 15.9 Å². The minimum absolute atomic E-state index is 0.0103. The summed E-state index contributed by atoms with van der Waals surface area (Å²) in [5.74, 6) is 0.00245. The minimum Gasteiger partial charge on any atom is -0.377 e. The van der Waals surface area contributed by atoms with Crippen LogP contribution in [-0.4, -0.2) is 39.3 Å². The van der Waals surface area contributed by atoms with Gasteiger partial charge < -0.3 is 9.64 Å². The van der Waals surface area contributed by atoms with Crippen LogP contribution in [0.1, 0.15) is 38.2 Å². The molecule has 0 spiro atoms. The molecule has 6 nitrogen and oxygen atoms in total. The van der Waals surface area contributed by atoms with Gasteiger partial charge in [-0.25, -0.2) is 8.42 Å². The smallest absolute Gasteiger partial charge is 0.235 e. The van der Waals surface area contributed by atoms with Crippen molar-refractivity contribution < 1.29 is 17.9 Å². The number of sulfonamides is 1. The molecule has 0 saturated carbocycles. The van der Waals surface area contributed by atoms with Crippen molar-refractivity contribution in [3.05, 3.63) is 23.8 Å². The first-order valence-corrected chi connectivity index (χ1v) is 10.1. The van der Waals surface area contributed by atoms with E-state index >= 15 is 0 Å². The first-order chi connectivity index (χ1) is 11.4. The molecule has 1 aromatic carbocycles. The highest BCUT2D eigenvalue weighted by Crippen LogP contribution is 2.30. The molecular weight excluding hydrogens is 328 g/mol. The van der Waals surface area contributed by atoms with Crippen LogP contribution < -0.4 is 9.62 Å². The van der Waals surface area contributed by atoms with Gasteiger partial charge in [0.15, 0.2) is 0 Å².